The van der Waals surface area contributed by atoms with Gasteiger partial charge in [-0.3, -0.25) is 19.5 Å². The van der Waals surface area contributed by atoms with Crippen LogP contribution in [0.3, 0.4) is 0 Å². The van der Waals surface area contributed by atoms with Crippen LogP contribution in [-0.4, -0.2) is 40.3 Å². The Hall–Kier alpha value is -2.88. The van der Waals surface area contributed by atoms with Gasteiger partial charge in [0, 0.05) is 0 Å². The fraction of sp³-hybridized carbons (Fsp3) is 0.450. The smallest absolute Gasteiger partial charge is 0.365 e. The SMILES string of the molecule is CC(C)=CCOC(C)C(=O)NC1(C(F)(F)F)C(=O)Nc2nc3cc(C)c(C)cc3n21. The minimum absolute atomic E-state index is 0.0554. The molecule has 0 aliphatic carbocycles. The molecule has 1 aliphatic heterocycles. The summed E-state index contributed by atoms with van der Waals surface area (Å²) < 4.78 is 49.0. The summed E-state index contributed by atoms with van der Waals surface area (Å²) in [6.07, 6.45) is -4.65. The zero-order valence-electron chi connectivity index (χ0n) is 17.3. The largest absolute Gasteiger partial charge is 0.440 e. The van der Waals surface area contributed by atoms with Crippen LogP contribution in [0, 0.1) is 13.8 Å². The number of ether oxygens (including phenoxy) is 1. The molecule has 10 heteroatoms. The molecule has 2 N–H and O–H groups in total. The van der Waals surface area contributed by atoms with E-state index >= 15 is 0 Å². The first-order chi connectivity index (χ1) is 13.9. The molecule has 2 unspecified atom stereocenters. The van der Waals surface area contributed by atoms with Crippen LogP contribution in [0.4, 0.5) is 19.1 Å². The van der Waals surface area contributed by atoms with Crippen molar-refractivity contribution < 1.29 is 27.5 Å². The number of rotatable bonds is 5. The van der Waals surface area contributed by atoms with E-state index in [0.717, 1.165) is 16.7 Å². The molecular weight excluding hydrogens is 401 g/mol. The maximum atomic E-state index is 14.3. The molecule has 2 atom stereocenters. The Bertz CT molecular complexity index is 1050. The fourth-order valence-electron chi connectivity index (χ4n) is 3.20. The van der Waals surface area contributed by atoms with E-state index in [1.165, 1.54) is 13.0 Å². The van der Waals surface area contributed by atoms with Crippen molar-refractivity contribution in [2.24, 2.45) is 0 Å². The lowest BCUT2D eigenvalue weighted by molar-refractivity contribution is -0.218. The predicted molar refractivity (Wildman–Crippen MR) is 105 cm³/mol. The Balaban J connectivity index is 2.07. The third kappa shape index (κ3) is 3.45. The summed E-state index contributed by atoms with van der Waals surface area (Å²) in [6, 6.07) is 3.15. The zero-order valence-corrected chi connectivity index (χ0v) is 17.3. The van der Waals surface area contributed by atoms with Gasteiger partial charge in [0.15, 0.2) is 0 Å². The van der Waals surface area contributed by atoms with Gasteiger partial charge in [-0.05, 0) is 57.9 Å². The Kier molecular flexibility index (Phi) is 5.40. The van der Waals surface area contributed by atoms with Crippen LogP contribution in [0.25, 0.3) is 11.0 Å². The highest BCUT2D eigenvalue weighted by molar-refractivity contribution is 6.05. The maximum absolute atomic E-state index is 14.3. The second-order valence-corrected chi connectivity index (χ2v) is 7.60. The number of aromatic nitrogens is 2. The molecule has 2 heterocycles. The number of amides is 2. The van der Waals surface area contributed by atoms with Gasteiger partial charge in [0.2, 0.25) is 5.95 Å². The second kappa shape index (κ2) is 7.42. The maximum Gasteiger partial charge on any atom is 0.440 e. The molecule has 30 heavy (non-hydrogen) atoms. The minimum Gasteiger partial charge on any atom is -0.365 e. The first kappa shape index (κ1) is 21.8. The van der Waals surface area contributed by atoms with Crippen LogP contribution in [0.5, 0.6) is 0 Å². The molecule has 3 rings (SSSR count). The highest BCUT2D eigenvalue weighted by Gasteiger charge is 2.67. The van der Waals surface area contributed by atoms with E-state index in [-0.39, 0.29) is 23.6 Å². The number of alkyl halides is 3. The van der Waals surface area contributed by atoms with Gasteiger partial charge in [0.05, 0.1) is 17.6 Å². The molecule has 162 valence electrons. The van der Waals surface area contributed by atoms with Crippen molar-refractivity contribution in [3.05, 3.63) is 34.9 Å². The van der Waals surface area contributed by atoms with Crippen LogP contribution in [-0.2, 0) is 20.0 Å². The third-order valence-corrected chi connectivity index (χ3v) is 5.08. The number of nitrogens with one attached hydrogen (secondary N) is 2. The Morgan fingerprint density at radius 1 is 1.33 bits per heavy atom. The number of benzene rings is 1. The van der Waals surface area contributed by atoms with Gasteiger partial charge in [-0.2, -0.15) is 13.2 Å². The monoisotopic (exact) mass is 424 g/mol. The fourth-order valence-corrected chi connectivity index (χ4v) is 3.20. The number of carbonyl (C=O) groups is 2. The molecule has 0 saturated carbocycles. The highest BCUT2D eigenvalue weighted by atomic mass is 19.4. The quantitative estimate of drug-likeness (QED) is 0.722. The summed E-state index contributed by atoms with van der Waals surface area (Å²) in [4.78, 5) is 29.3. The molecule has 7 nitrogen and oxygen atoms in total. The van der Waals surface area contributed by atoms with Gasteiger partial charge in [0.1, 0.15) is 6.10 Å². The Morgan fingerprint density at radius 2 is 1.97 bits per heavy atom. The molecule has 2 aromatic rings. The van der Waals surface area contributed by atoms with Crippen molar-refractivity contribution in [2.75, 3.05) is 11.9 Å². The summed E-state index contributed by atoms with van der Waals surface area (Å²) in [6.45, 7) is 8.58. The summed E-state index contributed by atoms with van der Waals surface area (Å²) >= 11 is 0. The molecule has 1 aromatic heterocycles. The van der Waals surface area contributed by atoms with Crippen molar-refractivity contribution in [2.45, 2.75) is 52.6 Å². The number of halogens is 3. The summed E-state index contributed by atoms with van der Waals surface area (Å²) in [5, 5.41) is 4.04. The Labute approximate surface area is 171 Å². The first-order valence-corrected chi connectivity index (χ1v) is 9.34. The summed E-state index contributed by atoms with van der Waals surface area (Å²) in [7, 11) is 0. The van der Waals surface area contributed by atoms with Crippen LogP contribution in [0.2, 0.25) is 0 Å². The predicted octanol–water partition coefficient (Wildman–Crippen LogP) is 3.31. The van der Waals surface area contributed by atoms with E-state index in [0.29, 0.717) is 4.57 Å². The van der Waals surface area contributed by atoms with Crippen molar-refractivity contribution in [3.63, 3.8) is 0 Å². The average Bonchev–Trinajstić information content (AvgIpc) is 3.08. The normalized spacial score (nSPS) is 19.4. The number of aryl methyl sites for hydroxylation is 2. The van der Waals surface area contributed by atoms with Crippen LogP contribution in [0.1, 0.15) is 31.9 Å². The van der Waals surface area contributed by atoms with Crippen molar-refractivity contribution in [1.82, 2.24) is 14.9 Å². The number of anilines is 1. The van der Waals surface area contributed by atoms with E-state index < -0.39 is 29.8 Å². The molecule has 1 aromatic carbocycles. The van der Waals surface area contributed by atoms with Gasteiger partial charge in [-0.15, -0.1) is 0 Å². The van der Waals surface area contributed by atoms with Gasteiger partial charge in [0.25, 0.3) is 17.5 Å². The lowest BCUT2D eigenvalue weighted by Gasteiger charge is -2.32. The number of nitrogens with zero attached hydrogens (tertiary/aromatic N) is 2. The van der Waals surface area contributed by atoms with Crippen LogP contribution in [0.15, 0.2) is 23.8 Å². The van der Waals surface area contributed by atoms with Crippen molar-refractivity contribution in [1.29, 1.82) is 0 Å². The highest BCUT2D eigenvalue weighted by Crippen LogP contribution is 2.44. The zero-order chi connectivity index (χ0) is 22.4. The standard InChI is InChI=1S/C20H23F3N4O3/c1-10(2)6-7-30-13(5)16(28)26-19(20(21,22)23)17(29)25-18-24-14-8-11(3)12(4)9-15(14)27(18)19/h6,8-9,13H,7H2,1-5H3,(H,26,28)(H,24,25,29). The topological polar surface area (TPSA) is 85.2 Å². The van der Waals surface area contributed by atoms with E-state index in [1.807, 2.05) is 26.1 Å². The Morgan fingerprint density at radius 3 is 2.57 bits per heavy atom. The molecular formula is C20H23F3N4O3. The third-order valence-electron chi connectivity index (χ3n) is 5.08. The number of hydrogen-bond acceptors (Lipinski definition) is 4. The van der Waals surface area contributed by atoms with E-state index in [9.17, 15) is 22.8 Å². The first-order valence-electron chi connectivity index (χ1n) is 9.34. The number of carbonyl (C=O) groups excluding carboxylic acids is 2. The lowest BCUT2D eigenvalue weighted by atomic mass is 10.1. The van der Waals surface area contributed by atoms with Crippen molar-refractivity contribution in [3.8, 4) is 0 Å². The summed E-state index contributed by atoms with van der Waals surface area (Å²) in [5.74, 6) is -2.78. The van der Waals surface area contributed by atoms with E-state index in [1.54, 1.807) is 19.1 Å². The number of imidazole rings is 1. The molecule has 0 saturated heterocycles. The van der Waals surface area contributed by atoms with Gasteiger partial charge in [-0.25, -0.2) is 4.98 Å². The van der Waals surface area contributed by atoms with E-state index in [4.69, 9.17) is 4.74 Å². The summed E-state index contributed by atoms with van der Waals surface area (Å²) in [5.41, 5.74) is -0.459. The minimum atomic E-state index is -5.13. The van der Waals surface area contributed by atoms with Crippen LogP contribution >= 0.6 is 0 Å². The van der Waals surface area contributed by atoms with Crippen molar-refractivity contribution >= 4 is 28.8 Å². The molecule has 0 radical (unpaired) electrons. The van der Waals surface area contributed by atoms with Gasteiger partial charge >= 0.3 is 6.18 Å². The molecule has 2 amide bonds. The molecule has 0 bridgehead atoms. The molecule has 0 fully saturated rings. The van der Waals surface area contributed by atoms with E-state index in [2.05, 4.69) is 10.3 Å². The molecule has 1 aliphatic rings. The van der Waals surface area contributed by atoms with Gasteiger partial charge < -0.3 is 10.1 Å². The number of hydrogen-bond donors (Lipinski definition) is 2. The number of fused-ring (bicyclic) bond motifs is 3. The second-order valence-electron chi connectivity index (χ2n) is 7.60. The van der Waals surface area contributed by atoms with Gasteiger partial charge in [-0.1, -0.05) is 11.6 Å². The van der Waals surface area contributed by atoms with Crippen LogP contribution < -0.4 is 10.6 Å². The lowest BCUT2D eigenvalue weighted by Crippen LogP contribution is -2.64. The number of allylic oxidation sites excluding steroid dienone is 1. The average molecular weight is 424 g/mol. The molecule has 0 spiro atoms.